The second kappa shape index (κ2) is 15.0. The molecule has 8 rings (SSSR count). The Morgan fingerprint density at radius 1 is 0.339 bits per heavy atom. The average Bonchev–Trinajstić information content (AvgIpc) is 3.21. The summed E-state index contributed by atoms with van der Waals surface area (Å²) >= 11 is 0. The smallest absolute Gasteiger partial charge is 0.0546 e. The van der Waals surface area contributed by atoms with Gasteiger partial charge in [-0.15, -0.1) is 0 Å². The van der Waals surface area contributed by atoms with Gasteiger partial charge in [-0.25, -0.2) is 0 Å². The minimum atomic E-state index is 0.0966. The van der Waals surface area contributed by atoms with E-state index in [4.69, 9.17) is 0 Å². The van der Waals surface area contributed by atoms with E-state index in [0.717, 1.165) is 39.6 Å². The lowest BCUT2D eigenvalue weighted by Crippen LogP contribution is -2.14. The molecule has 0 saturated heterocycles. The summed E-state index contributed by atoms with van der Waals surface area (Å²) in [5.74, 6) is 0. The Kier molecular flexibility index (Phi) is 9.83. The third-order valence-corrected chi connectivity index (χ3v) is 10.8. The van der Waals surface area contributed by atoms with Crippen LogP contribution >= 0.6 is 0 Å². The highest BCUT2D eigenvalue weighted by atomic mass is 15.1. The van der Waals surface area contributed by atoms with Gasteiger partial charge in [-0.05, 0) is 116 Å². The molecule has 0 spiro atoms. The molecule has 0 aliphatic rings. The van der Waals surface area contributed by atoms with Crippen molar-refractivity contribution in [3.63, 3.8) is 0 Å². The second-order valence-corrected chi connectivity index (χ2v) is 16.8. The summed E-state index contributed by atoms with van der Waals surface area (Å²) < 4.78 is 0. The number of nitrogens with zero attached hydrogens (tertiary/aromatic N) is 2. The van der Waals surface area contributed by atoms with Crippen LogP contribution in [0.1, 0.15) is 63.8 Å². The first-order chi connectivity index (χ1) is 27.0. The van der Waals surface area contributed by atoms with Gasteiger partial charge >= 0.3 is 0 Å². The maximum absolute atomic E-state index is 2.38. The molecule has 0 saturated carbocycles. The van der Waals surface area contributed by atoms with Gasteiger partial charge in [0.25, 0.3) is 0 Å². The minimum Gasteiger partial charge on any atom is -0.311 e. The highest BCUT2D eigenvalue weighted by molar-refractivity contribution is 6.14. The molecule has 56 heavy (non-hydrogen) atoms. The fourth-order valence-corrected chi connectivity index (χ4v) is 7.55. The lowest BCUT2D eigenvalue weighted by Gasteiger charge is -2.28. The van der Waals surface area contributed by atoms with Gasteiger partial charge in [0.05, 0.1) is 5.69 Å². The molecular weight excluding hydrogens is 677 g/mol. The zero-order chi connectivity index (χ0) is 38.9. The Labute approximate surface area is 333 Å². The molecule has 276 valence electrons. The van der Waals surface area contributed by atoms with Crippen molar-refractivity contribution in [3.8, 4) is 0 Å². The lowest BCUT2D eigenvalue weighted by molar-refractivity contribution is 0.590. The van der Waals surface area contributed by atoms with Crippen molar-refractivity contribution in [2.24, 2.45) is 0 Å². The van der Waals surface area contributed by atoms with Gasteiger partial charge in [0.15, 0.2) is 0 Å². The summed E-state index contributed by atoms with van der Waals surface area (Å²) in [4.78, 5) is 4.72. The van der Waals surface area contributed by atoms with Crippen molar-refractivity contribution >= 4 is 67.8 Å². The molecule has 2 heteroatoms. The topological polar surface area (TPSA) is 6.48 Å². The second-order valence-electron chi connectivity index (χ2n) is 16.8. The fraction of sp³-hybridized carbons (Fsp3) is 0.148. The van der Waals surface area contributed by atoms with Crippen LogP contribution in [-0.4, -0.2) is 0 Å². The van der Waals surface area contributed by atoms with Crippen molar-refractivity contribution < 1.29 is 0 Å². The normalized spacial score (nSPS) is 12.0. The first-order valence-electron chi connectivity index (χ1n) is 19.7. The van der Waals surface area contributed by atoms with Gasteiger partial charge in [-0.2, -0.15) is 0 Å². The molecule has 8 aromatic carbocycles. The summed E-state index contributed by atoms with van der Waals surface area (Å²) in [6.45, 7) is 13.6. The molecule has 0 amide bonds. The SMILES string of the molecule is CC(C)(C)c1ccc(N(c2ccc(/C=C/c3ccc(N(c4ccccc4)c4cc5ccccc5c5ccccc45)cc3)cc2)c2ccc(C(C)(C)C)cc2)cc1. The molecule has 0 fully saturated rings. The molecule has 0 heterocycles. The molecule has 0 aliphatic heterocycles. The number of hydrogen-bond donors (Lipinski definition) is 0. The minimum absolute atomic E-state index is 0.0966. The maximum Gasteiger partial charge on any atom is 0.0546 e. The third-order valence-electron chi connectivity index (χ3n) is 10.8. The molecule has 0 bridgehead atoms. The highest BCUT2D eigenvalue weighted by Crippen LogP contribution is 2.42. The molecular formula is C54H50N2. The van der Waals surface area contributed by atoms with E-state index in [-0.39, 0.29) is 10.8 Å². The van der Waals surface area contributed by atoms with E-state index in [1.165, 1.54) is 38.4 Å². The van der Waals surface area contributed by atoms with Crippen LogP contribution in [-0.2, 0) is 10.8 Å². The van der Waals surface area contributed by atoms with Crippen LogP contribution in [0, 0.1) is 0 Å². The molecule has 0 aromatic heterocycles. The van der Waals surface area contributed by atoms with E-state index in [2.05, 4.69) is 245 Å². The highest BCUT2D eigenvalue weighted by Gasteiger charge is 2.19. The van der Waals surface area contributed by atoms with Crippen molar-refractivity contribution in [1.82, 2.24) is 0 Å². The van der Waals surface area contributed by atoms with E-state index in [1.54, 1.807) is 0 Å². The van der Waals surface area contributed by atoms with Crippen LogP contribution in [0.3, 0.4) is 0 Å². The number of para-hydroxylation sites is 1. The average molecular weight is 727 g/mol. The number of benzene rings is 8. The van der Waals surface area contributed by atoms with E-state index in [0.29, 0.717) is 0 Å². The summed E-state index contributed by atoms with van der Waals surface area (Å²) in [5.41, 5.74) is 12.0. The van der Waals surface area contributed by atoms with E-state index >= 15 is 0 Å². The van der Waals surface area contributed by atoms with Gasteiger partial charge in [0, 0.05) is 33.8 Å². The van der Waals surface area contributed by atoms with Gasteiger partial charge < -0.3 is 9.80 Å². The van der Waals surface area contributed by atoms with E-state index < -0.39 is 0 Å². The number of hydrogen-bond acceptors (Lipinski definition) is 2. The van der Waals surface area contributed by atoms with Gasteiger partial charge in [-0.3, -0.25) is 0 Å². The Morgan fingerprint density at radius 2 is 0.714 bits per heavy atom. The first kappa shape index (κ1) is 36.6. The Hall–Kier alpha value is -6.38. The third kappa shape index (κ3) is 7.61. The van der Waals surface area contributed by atoms with Gasteiger partial charge in [-0.1, -0.05) is 169 Å². The van der Waals surface area contributed by atoms with Crippen molar-refractivity contribution in [2.45, 2.75) is 52.4 Å². The Morgan fingerprint density at radius 3 is 1.20 bits per heavy atom. The molecule has 0 N–H and O–H groups in total. The predicted octanol–water partition coefficient (Wildman–Crippen LogP) is 15.7. The number of fused-ring (bicyclic) bond motifs is 3. The maximum atomic E-state index is 2.38. The van der Waals surface area contributed by atoms with Crippen LogP contribution in [0.15, 0.2) is 182 Å². The standard InChI is InChI=1S/C54H50N2/c1-53(2,3)42-26-34-46(35-27-42)55(47-36-28-43(29-37-47)54(4,5)6)45-30-22-39(23-31-45)20-21-40-24-32-48(33-25-40)56(44-15-8-7-9-16-44)52-38-41-14-10-11-17-49(41)50-18-12-13-19-51(50)52/h7-38H,1-6H3/b21-20+. The summed E-state index contributed by atoms with van der Waals surface area (Å²) in [7, 11) is 0. The molecule has 2 nitrogen and oxygen atoms in total. The number of anilines is 6. The predicted molar refractivity (Wildman–Crippen MR) is 244 cm³/mol. The molecule has 0 radical (unpaired) electrons. The fourth-order valence-electron chi connectivity index (χ4n) is 7.55. The van der Waals surface area contributed by atoms with Crippen LogP contribution in [0.4, 0.5) is 34.1 Å². The van der Waals surface area contributed by atoms with Crippen molar-refractivity contribution in [1.29, 1.82) is 0 Å². The van der Waals surface area contributed by atoms with Crippen LogP contribution in [0.25, 0.3) is 33.7 Å². The largest absolute Gasteiger partial charge is 0.311 e. The Balaban J connectivity index is 1.09. The Bertz CT molecular complexity index is 2550. The van der Waals surface area contributed by atoms with Crippen molar-refractivity contribution in [2.75, 3.05) is 9.80 Å². The number of rotatable bonds is 8. The van der Waals surface area contributed by atoms with E-state index in [9.17, 15) is 0 Å². The van der Waals surface area contributed by atoms with Crippen LogP contribution in [0.5, 0.6) is 0 Å². The van der Waals surface area contributed by atoms with Crippen LogP contribution < -0.4 is 9.80 Å². The van der Waals surface area contributed by atoms with Crippen LogP contribution in [0.2, 0.25) is 0 Å². The zero-order valence-electron chi connectivity index (χ0n) is 33.4. The molecule has 8 aromatic rings. The zero-order valence-corrected chi connectivity index (χ0v) is 33.4. The molecule has 0 unspecified atom stereocenters. The molecule has 0 atom stereocenters. The first-order valence-corrected chi connectivity index (χ1v) is 19.7. The molecule has 0 aliphatic carbocycles. The lowest BCUT2D eigenvalue weighted by atomic mass is 9.86. The van der Waals surface area contributed by atoms with Gasteiger partial charge in [0.2, 0.25) is 0 Å². The van der Waals surface area contributed by atoms with Crippen molar-refractivity contribution in [3.05, 3.63) is 204 Å². The quantitative estimate of drug-likeness (QED) is 0.114. The summed E-state index contributed by atoms with van der Waals surface area (Å²) in [5, 5.41) is 4.98. The van der Waals surface area contributed by atoms with Gasteiger partial charge in [0.1, 0.15) is 0 Å². The van der Waals surface area contributed by atoms with E-state index in [1.807, 2.05) is 0 Å². The monoisotopic (exact) mass is 726 g/mol. The summed E-state index contributed by atoms with van der Waals surface area (Å²) in [6, 6.07) is 66.2. The summed E-state index contributed by atoms with van der Waals surface area (Å²) in [6.07, 6.45) is 4.40.